The van der Waals surface area contributed by atoms with Crippen LogP contribution in [0.5, 0.6) is 11.5 Å². The Hall–Kier alpha value is -2.82. The Morgan fingerprint density at radius 3 is 2.67 bits per heavy atom. The average Bonchev–Trinajstić information content (AvgIpc) is 3.05. The molecule has 5 nitrogen and oxygen atoms in total. The number of imidazole rings is 1. The van der Waals surface area contributed by atoms with E-state index in [0.29, 0.717) is 13.2 Å². The quantitative estimate of drug-likeness (QED) is 0.723. The summed E-state index contributed by atoms with van der Waals surface area (Å²) < 4.78 is 13.2. The van der Waals surface area contributed by atoms with Crippen LogP contribution in [0, 0.1) is 0 Å². The molecule has 104 valence electrons. The van der Waals surface area contributed by atoms with Gasteiger partial charge in [0, 0.05) is 24.7 Å². The van der Waals surface area contributed by atoms with Crippen LogP contribution in [0.4, 0.5) is 0 Å². The largest absolute Gasteiger partial charge is 0.486 e. The van der Waals surface area contributed by atoms with Crippen molar-refractivity contribution in [2.75, 3.05) is 13.2 Å². The Labute approximate surface area is 121 Å². The summed E-state index contributed by atoms with van der Waals surface area (Å²) in [7, 11) is 0. The first-order valence-electron chi connectivity index (χ1n) is 6.76. The summed E-state index contributed by atoms with van der Waals surface area (Å²) in [4.78, 5) is 8.76. The normalized spacial score (nSPS) is 13.1. The molecule has 0 bridgehead atoms. The topological polar surface area (TPSA) is 49.2 Å². The molecule has 0 unspecified atom stereocenters. The maximum atomic E-state index is 5.63. The molecular weight excluding hydrogens is 266 g/mol. The number of rotatable bonds is 2. The van der Waals surface area contributed by atoms with Crippen molar-refractivity contribution in [1.29, 1.82) is 0 Å². The molecule has 2 aromatic heterocycles. The van der Waals surface area contributed by atoms with Crippen LogP contribution in [0.3, 0.4) is 0 Å². The van der Waals surface area contributed by atoms with Crippen LogP contribution in [-0.4, -0.2) is 27.7 Å². The molecule has 3 heterocycles. The summed E-state index contributed by atoms with van der Waals surface area (Å²) in [6.45, 7) is 1.17. The van der Waals surface area contributed by atoms with Crippen molar-refractivity contribution >= 4 is 0 Å². The lowest BCUT2D eigenvalue weighted by Crippen LogP contribution is -2.15. The number of aromatic nitrogens is 3. The van der Waals surface area contributed by atoms with Gasteiger partial charge in [0.15, 0.2) is 17.3 Å². The molecule has 0 atom stereocenters. The van der Waals surface area contributed by atoms with Crippen LogP contribution >= 0.6 is 0 Å². The third kappa shape index (κ3) is 2.12. The van der Waals surface area contributed by atoms with Crippen molar-refractivity contribution in [3.8, 4) is 28.7 Å². The van der Waals surface area contributed by atoms with Gasteiger partial charge in [-0.1, -0.05) is 6.07 Å². The van der Waals surface area contributed by atoms with Crippen LogP contribution in [0.15, 0.2) is 55.0 Å². The van der Waals surface area contributed by atoms with Gasteiger partial charge in [0.25, 0.3) is 0 Å². The molecule has 0 fully saturated rings. The van der Waals surface area contributed by atoms with Crippen LogP contribution in [-0.2, 0) is 0 Å². The minimum atomic E-state index is 0.577. The highest BCUT2D eigenvalue weighted by Crippen LogP contribution is 2.33. The fourth-order valence-corrected chi connectivity index (χ4v) is 2.38. The minimum Gasteiger partial charge on any atom is -0.486 e. The van der Waals surface area contributed by atoms with Crippen LogP contribution in [0.25, 0.3) is 17.2 Å². The van der Waals surface area contributed by atoms with Crippen LogP contribution in [0.2, 0.25) is 0 Å². The molecule has 1 aromatic carbocycles. The van der Waals surface area contributed by atoms with Crippen molar-refractivity contribution in [2.45, 2.75) is 0 Å². The summed E-state index contributed by atoms with van der Waals surface area (Å²) in [6.07, 6.45) is 5.44. The van der Waals surface area contributed by atoms with Crippen molar-refractivity contribution in [3.05, 3.63) is 55.0 Å². The molecule has 1 aliphatic rings. The van der Waals surface area contributed by atoms with Crippen molar-refractivity contribution in [2.24, 2.45) is 0 Å². The first kappa shape index (κ1) is 12.0. The Bertz CT molecular complexity index is 768. The second kappa shape index (κ2) is 4.94. The van der Waals surface area contributed by atoms with Crippen molar-refractivity contribution in [1.82, 2.24) is 14.5 Å². The first-order chi connectivity index (χ1) is 10.4. The summed E-state index contributed by atoms with van der Waals surface area (Å²) in [5.74, 6) is 2.34. The van der Waals surface area contributed by atoms with Gasteiger partial charge in [-0.3, -0.25) is 9.55 Å². The lowest BCUT2D eigenvalue weighted by molar-refractivity contribution is 0.171. The molecule has 0 saturated carbocycles. The second-order valence-electron chi connectivity index (χ2n) is 4.66. The predicted octanol–water partition coefficient (Wildman–Crippen LogP) is 2.71. The maximum absolute atomic E-state index is 5.63. The van der Waals surface area contributed by atoms with E-state index in [0.717, 1.165) is 28.7 Å². The Balaban J connectivity index is 1.80. The SMILES string of the molecule is c1ccc(-c2nccn2-c2ccc3c(c2)OCCO3)nc1. The van der Waals surface area contributed by atoms with E-state index in [1.165, 1.54) is 0 Å². The van der Waals surface area contributed by atoms with Crippen molar-refractivity contribution in [3.63, 3.8) is 0 Å². The molecule has 0 N–H and O–H groups in total. The van der Waals surface area contributed by atoms with Gasteiger partial charge >= 0.3 is 0 Å². The van der Waals surface area contributed by atoms with Gasteiger partial charge in [-0.15, -0.1) is 0 Å². The van der Waals surface area contributed by atoms with Gasteiger partial charge < -0.3 is 9.47 Å². The zero-order chi connectivity index (χ0) is 14.1. The molecule has 0 spiro atoms. The lowest BCUT2D eigenvalue weighted by atomic mass is 10.2. The first-order valence-corrected chi connectivity index (χ1v) is 6.76. The monoisotopic (exact) mass is 279 g/mol. The number of nitrogens with zero attached hydrogens (tertiary/aromatic N) is 3. The summed E-state index contributed by atoms with van der Waals surface area (Å²) in [5, 5.41) is 0. The highest BCUT2D eigenvalue weighted by atomic mass is 16.6. The molecule has 5 heteroatoms. The van der Waals surface area contributed by atoms with Crippen molar-refractivity contribution < 1.29 is 9.47 Å². The van der Waals surface area contributed by atoms with E-state index in [1.807, 2.05) is 47.2 Å². The molecule has 0 saturated heterocycles. The molecular formula is C16H13N3O2. The number of hydrogen-bond donors (Lipinski definition) is 0. The highest BCUT2D eigenvalue weighted by molar-refractivity contribution is 5.57. The van der Waals surface area contributed by atoms with E-state index in [9.17, 15) is 0 Å². The van der Waals surface area contributed by atoms with Gasteiger partial charge in [-0.2, -0.15) is 0 Å². The van der Waals surface area contributed by atoms with Crippen LogP contribution < -0.4 is 9.47 Å². The highest BCUT2D eigenvalue weighted by Gasteiger charge is 2.14. The Morgan fingerprint density at radius 2 is 1.81 bits per heavy atom. The molecule has 3 aromatic rings. The molecule has 21 heavy (non-hydrogen) atoms. The van der Waals surface area contributed by atoms with E-state index >= 15 is 0 Å². The van der Waals surface area contributed by atoms with E-state index in [-0.39, 0.29) is 0 Å². The van der Waals surface area contributed by atoms with Gasteiger partial charge in [-0.25, -0.2) is 4.98 Å². The fraction of sp³-hybridized carbons (Fsp3) is 0.125. The van der Waals surface area contributed by atoms with E-state index in [2.05, 4.69) is 9.97 Å². The van der Waals surface area contributed by atoms with Gasteiger partial charge in [-0.05, 0) is 24.3 Å². The van der Waals surface area contributed by atoms with Gasteiger partial charge in [0.1, 0.15) is 18.9 Å². The summed E-state index contributed by atoms with van der Waals surface area (Å²) in [5.41, 5.74) is 1.80. The third-order valence-corrected chi connectivity index (χ3v) is 3.34. The Morgan fingerprint density at radius 1 is 0.905 bits per heavy atom. The Kier molecular flexibility index (Phi) is 2.81. The summed E-state index contributed by atoms with van der Waals surface area (Å²) >= 11 is 0. The maximum Gasteiger partial charge on any atom is 0.163 e. The average molecular weight is 279 g/mol. The zero-order valence-electron chi connectivity index (χ0n) is 11.3. The van der Waals surface area contributed by atoms with Gasteiger partial charge in [0.05, 0.1) is 5.69 Å². The standard InChI is InChI=1S/C16H13N3O2/c1-2-6-17-13(3-1)16-18-7-8-19(16)12-4-5-14-15(11-12)21-10-9-20-14/h1-8,11H,9-10H2. The number of fused-ring (bicyclic) bond motifs is 1. The van der Waals surface area contributed by atoms with E-state index < -0.39 is 0 Å². The third-order valence-electron chi connectivity index (χ3n) is 3.34. The van der Waals surface area contributed by atoms with Gasteiger partial charge in [0.2, 0.25) is 0 Å². The van der Waals surface area contributed by atoms with E-state index in [4.69, 9.17) is 9.47 Å². The number of pyridine rings is 1. The zero-order valence-corrected chi connectivity index (χ0v) is 11.3. The molecule has 1 aliphatic heterocycles. The fourth-order valence-electron chi connectivity index (χ4n) is 2.38. The number of benzene rings is 1. The number of ether oxygens (including phenoxy) is 2. The summed E-state index contributed by atoms with van der Waals surface area (Å²) in [6, 6.07) is 11.7. The molecule has 0 amide bonds. The molecule has 4 rings (SSSR count). The smallest absolute Gasteiger partial charge is 0.163 e. The second-order valence-corrected chi connectivity index (χ2v) is 4.66. The molecule has 0 radical (unpaired) electrons. The number of hydrogen-bond acceptors (Lipinski definition) is 4. The lowest BCUT2D eigenvalue weighted by Gasteiger charge is -2.19. The predicted molar refractivity (Wildman–Crippen MR) is 77.8 cm³/mol. The van der Waals surface area contributed by atoms with Crippen LogP contribution in [0.1, 0.15) is 0 Å². The molecule has 0 aliphatic carbocycles. The van der Waals surface area contributed by atoms with E-state index in [1.54, 1.807) is 12.4 Å². The minimum absolute atomic E-state index is 0.577.